The molecule has 0 saturated carbocycles. The molecule has 8 heteroatoms. The van der Waals surface area contributed by atoms with E-state index in [1.807, 2.05) is 37.3 Å². The Labute approximate surface area is 172 Å². The zero-order valence-corrected chi connectivity index (χ0v) is 17.6. The zero-order chi connectivity index (χ0) is 20.1. The van der Waals surface area contributed by atoms with E-state index in [2.05, 4.69) is 27.5 Å². The second kappa shape index (κ2) is 9.16. The van der Waals surface area contributed by atoms with Gasteiger partial charge in [-0.2, -0.15) is 0 Å². The summed E-state index contributed by atoms with van der Waals surface area (Å²) in [5, 5.41) is 7.38. The molecule has 0 bridgehead atoms. The van der Waals surface area contributed by atoms with Crippen molar-refractivity contribution in [1.82, 2.24) is 20.6 Å². The van der Waals surface area contributed by atoms with Crippen LogP contribution in [-0.4, -0.2) is 33.6 Å². The normalized spacial score (nSPS) is 12.0. The van der Waals surface area contributed by atoms with Gasteiger partial charge in [0.15, 0.2) is 0 Å². The van der Waals surface area contributed by atoms with E-state index in [0.29, 0.717) is 6.54 Å². The molecule has 6 nitrogen and oxygen atoms in total. The number of benzene rings is 1. The third-order valence-electron chi connectivity index (χ3n) is 4.35. The molecule has 1 unspecified atom stereocenters. The van der Waals surface area contributed by atoms with Crippen molar-refractivity contribution in [2.45, 2.75) is 38.4 Å². The molecule has 1 atom stereocenters. The van der Waals surface area contributed by atoms with Gasteiger partial charge in [-0.25, -0.2) is 9.97 Å². The highest BCUT2D eigenvalue weighted by molar-refractivity contribution is 8.00. The van der Waals surface area contributed by atoms with Crippen LogP contribution >= 0.6 is 23.1 Å². The minimum atomic E-state index is -0.604. The van der Waals surface area contributed by atoms with E-state index in [4.69, 9.17) is 0 Å². The van der Waals surface area contributed by atoms with Crippen LogP contribution in [0.4, 0.5) is 0 Å². The average molecular weight is 415 g/mol. The summed E-state index contributed by atoms with van der Waals surface area (Å²) >= 11 is 2.99. The van der Waals surface area contributed by atoms with Crippen LogP contribution in [0.15, 0.2) is 41.7 Å². The molecule has 0 radical (unpaired) electrons. The lowest BCUT2D eigenvalue weighted by Gasteiger charge is -2.14. The van der Waals surface area contributed by atoms with Crippen LogP contribution in [-0.2, 0) is 16.1 Å². The van der Waals surface area contributed by atoms with E-state index in [-0.39, 0.29) is 17.6 Å². The van der Waals surface area contributed by atoms with E-state index in [9.17, 15) is 9.59 Å². The van der Waals surface area contributed by atoms with E-state index in [1.54, 1.807) is 18.3 Å². The van der Waals surface area contributed by atoms with Crippen LogP contribution in [0.2, 0.25) is 0 Å². The molecule has 2 heterocycles. The van der Waals surface area contributed by atoms with Crippen molar-refractivity contribution in [2.75, 3.05) is 5.75 Å². The molecule has 28 heavy (non-hydrogen) atoms. The average Bonchev–Trinajstić information content (AvgIpc) is 2.99. The van der Waals surface area contributed by atoms with Crippen LogP contribution in [0.1, 0.15) is 22.9 Å². The number of nitrogens with one attached hydrogen (secondary N) is 2. The molecule has 2 N–H and O–H groups in total. The number of aromatic nitrogens is 2. The van der Waals surface area contributed by atoms with Crippen LogP contribution in [0.3, 0.4) is 0 Å². The number of hydrogen-bond donors (Lipinski definition) is 2. The lowest BCUT2D eigenvalue weighted by Crippen LogP contribution is -2.45. The summed E-state index contributed by atoms with van der Waals surface area (Å²) in [6, 6.07) is 9.05. The number of hydrogen-bond acceptors (Lipinski definition) is 6. The van der Waals surface area contributed by atoms with Gasteiger partial charge in [-0.3, -0.25) is 9.59 Å². The molecule has 0 fully saturated rings. The molecule has 0 aliphatic heterocycles. The molecular weight excluding hydrogens is 392 g/mol. The minimum absolute atomic E-state index is 0.191. The highest BCUT2D eigenvalue weighted by Gasteiger charge is 2.17. The Bertz CT molecular complexity index is 989. The SMILES string of the molecule is Cc1sc2ncnc(SCC(=O)NC(C)C(=O)NCc3ccccc3)c2c1C. The van der Waals surface area contributed by atoms with Crippen LogP contribution in [0.5, 0.6) is 0 Å². The van der Waals surface area contributed by atoms with Crippen molar-refractivity contribution in [1.29, 1.82) is 0 Å². The fourth-order valence-corrected chi connectivity index (χ4v) is 4.61. The number of thioether (sulfide) groups is 1. The highest BCUT2D eigenvalue weighted by atomic mass is 32.2. The second-order valence-electron chi connectivity index (χ2n) is 6.42. The second-order valence-corrected chi connectivity index (χ2v) is 8.59. The lowest BCUT2D eigenvalue weighted by atomic mass is 10.2. The summed E-state index contributed by atoms with van der Waals surface area (Å²) < 4.78 is 0. The van der Waals surface area contributed by atoms with Crippen molar-refractivity contribution in [3.05, 3.63) is 52.7 Å². The Morgan fingerprint density at radius 1 is 1.18 bits per heavy atom. The number of thiophene rings is 1. The fourth-order valence-electron chi connectivity index (χ4n) is 2.68. The van der Waals surface area contributed by atoms with Crippen molar-refractivity contribution < 1.29 is 9.59 Å². The van der Waals surface area contributed by atoms with Crippen molar-refractivity contribution in [2.24, 2.45) is 0 Å². The summed E-state index contributed by atoms with van der Waals surface area (Å²) in [6.07, 6.45) is 1.53. The number of rotatable bonds is 7. The van der Waals surface area contributed by atoms with Crippen LogP contribution in [0.25, 0.3) is 10.2 Å². The Balaban J connectivity index is 1.52. The molecule has 0 aliphatic rings. The van der Waals surface area contributed by atoms with E-state index < -0.39 is 6.04 Å². The van der Waals surface area contributed by atoms with Crippen LogP contribution < -0.4 is 10.6 Å². The summed E-state index contributed by atoms with van der Waals surface area (Å²) in [5.41, 5.74) is 2.16. The molecule has 0 spiro atoms. The first-order chi connectivity index (χ1) is 13.5. The first-order valence-corrected chi connectivity index (χ1v) is 10.7. The molecule has 1 aromatic carbocycles. The topological polar surface area (TPSA) is 84.0 Å². The number of nitrogens with zero attached hydrogens (tertiary/aromatic N) is 2. The van der Waals surface area contributed by atoms with Crippen molar-refractivity contribution >= 4 is 45.1 Å². The monoisotopic (exact) mass is 414 g/mol. The van der Waals surface area contributed by atoms with Gasteiger partial charge >= 0.3 is 0 Å². The maximum Gasteiger partial charge on any atom is 0.242 e. The zero-order valence-electron chi connectivity index (χ0n) is 16.0. The number of carbonyl (C=O) groups excluding carboxylic acids is 2. The third kappa shape index (κ3) is 4.88. The van der Waals surface area contributed by atoms with E-state index in [0.717, 1.165) is 26.4 Å². The van der Waals surface area contributed by atoms with Crippen molar-refractivity contribution in [3.63, 3.8) is 0 Å². The molecule has 146 valence electrons. The fraction of sp³-hybridized carbons (Fsp3) is 0.300. The molecule has 0 aliphatic carbocycles. The maximum absolute atomic E-state index is 12.3. The highest BCUT2D eigenvalue weighted by Crippen LogP contribution is 2.34. The summed E-state index contributed by atoms with van der Waals surface area (Å²) in [4.78, 5) is 35.2. The Morgan fingerprint density at radius 2 is 1.93 bits per heavy atom. The van der Waals surface area contributed by atoms with Gasteiger partial charge in [0.25, 0.3) is 0 Å². The molecule has 3 rings (SSSR count). The summed E-state index contributed by atoms with van der Waals surface area (Å²) in [6.45, 7) is 6.21. The van der Waals surface area contributed by atoms with E-state index >= 15 is 0 Å². The number of aryl methyl sites for hydroxylation is 2. The molecule has 3 aromatic rings. The first kappa shape index (κ1) is 20.3. The predicted octanol–water partition coefficient (Wildman–Crippen LogP) is 3.22. The van der Waals surface area contributed by atoms with Gasteiger partial charge in [0.2, 0.25) is 11.8 Å². The Morgan fingerprint density at radius 3 is 2.68 bits per heavy atom. The Hall–Kier alpha value is -2.45. The number of fused-ring (bicyclic) bond motifs is 1. The first-order valence-electron chi connectivity index (χ1n) is 8.90. The van der Waals surface area contributed by atoms with Gasteiger partial charge in [0.1, 0.15) is 22.2 Å². The summed E-state index contributed by atoms with van der Waals surface area (Å²) in [7, 11) is 0. The molecule has 2 aromatic heterocycles. The van der Waals surface area contributed by atoms with Crippen LogP contribution in [0, 0.1) is 13.8 Å². The molecule has 2 amide bonds. The lowest BCUT2D eigenvalue weighted by molar-refractivity contribution is -0.127. The van der Waals surface area contributed by atoms with Gasteiger partial charge in [-0.15, -0.1) is 11.3 Å². The quantitative estimate of drug-likeness (QED) is 0.458. The van der Waals surface area contributed by atoms with Gasteiger partial charge in [0.05, 0.1) is 5.75 Å². The van der Waals surface area contributed by atoms with Gasteiger partial charge in [-0.05, 0) is 31.9 Å². The third-order valence-corrected chi connectivity index (χ3v) is 6.46. The number of amides is 2. The largest absolute Gasteiger partial charge is 0.350 e. The maximum atomic E-state index is 12.3. The summed E-state index contributed by atoms with van der Waals surface area (Å²) in [5.74, 6) is -0.226. The molecule has 0 saturated heterocycles. The number of carbonyl (C=O) groups is 2. The standard InChI is InChI=1S/C20H22N4O2S2/c1-12-14(3)28-20-17(12)19(22-11-23-20)27-10-16(25)24-13(2)18(26)21-9-15-7-5-4-6-8-15/h4-8,11,13H,9-10H2,1-3H3,(H,21,26)(H,24,25). The predicted molar refractivity (Wildman–Crippen MR) is 114 cm³/mol. The van der Waals surface area contributed by atoms with Gasteiger partial charge < -0.3 is 10.6 Å². The van der Waals surface area contributed by atoms with Gasteiger partial charge in [0, 0.05) is 16.8 Å². The van der Waals surface area contributed by atoms with Gasteiger partial charge in [-0.1, -0.05) is 42.1 Å². The smallest absolute Gasteiger partial charge is 0.242 e. The minimum Gasteiger partial charge on any atom is -0.350 e. The molecular formula is C20H22N4O2S2. The van der Waals surface area contributed by atoms with Crippen molar-refractivity contribution in [3.8, 4) is 0 Å². The van der Waals surface area contributed by atoms with E-state index in [1.165, 1.54) is 23.0 Å². The Kier molecular flexibility index (Phi) is 6.64.